The molecule has 1 heterocycles. The van der Waals surface area contributed by atoms with Crippen LogP contribution in [-0.2, 0) is 21.4 Å². The molecule has 0 aliphatic carbocycles. The minimum Gasteiger partial charge on any atom is -0.454 e. The topological polar surface area (TPSA) is 84.9 Å². The van der Waals surface area contributed by atoms with Gasteiger partial charge in [-0.05, 0) is 42.8 Å². The second-order valence-electron chi connectivity index (χ2n) is 6.24. The molecule has 0 aromatic heterocycles. The molecule has 0 spiro atoms. The van der Waals surface area contributed by atoms with E-state index < -0.39 is 22.0 Å². The van der Waals surface area contributed by atoms with Crippen molar-refractivity contribution in [2.45, 2.75) is 19.5 Å². The SMILES string of the molecule is C[C@H](C(=O)NCc1ccc2c(c1)OCO2)N(c1cc(Cl)ccc1Cl)S(C)(=O)=O. The predicted octanol–water partition coefficient (Wildman–Crippen LogP) is 3.19. The summed E-state index contributed by atoms with van der Waals surface area (Å²) in [6, 6.07) is 8.69. The number of rotatable bonds is 6. The van der Waals surface area contributed by atoms with Gasteiger partial charge in [0.05, 0.1) is 17.0 Å². The van der Waals surface area contributed by atoms with Gasteiger partial charge in [-0.25, -0.2) is 8.42 Å². The summed E-state index contributed by atoms with van der Waals surface area (Å²) < 4.78 is 36.2. The highest BCUT2D eigenvalue weighted by molar-refractivity contribution is 7.92. The maximum atomic E-state index is 12.7. The molecule has 1 atom stereocenters. The monoisotopic (exact) mass is 444 g/mol. The van der Waals surface area contributed by atoms with E-state index in [4.69, 9.17) is 32.7 Å². The van der Waals surface area contributed by atoms with E-state index in [9.17, 15) is 13.2 Å². The Kier molecular flexibility index (Phi) is 5.92. The van der Waals surface area contributed by atoms with Crippen molar-refractivity contribution in [3.8, 4) is 11.5 Å². The third kappa shape index (κ3) is 4.45. The molecule has 3 rings (SSSR count). The van der Waals surface area contributed by atoms with E-state index in [0.29, 0.717) is 16.5 Å². The van der Waals surface area contributed by atoms with Crippen molar-refractivity contribution < 1.29 is 22.7 Å². The van der Waals surface area contributed by atoms with Gasteiger partial charge in [0.15, 0.2) is 11.5 Å². The largest absolute Gasteiger partial charge is 0.454 e. The third-order valence-corrected chi connectivity index (χ3v) is 5.92. The summed E-state index contributed by atoms with van der Waals surface area (Å²) in [4.78, 5) is 12.7. The first-order chi connectivity index (χ1) is 13.2. The summed E-state index contributed by atoms with van der Waals surface area (Å²) in [7, 11) is -3.80. The van der Waals surface area contributed by atoms with Crippen LogP contribution in [0.5, 0.6) is 11.5 Å². The van der Waals surface area contributed by atoms with Crippen LogP contribution < -0.4 is 19.1 Å². The minimum atomic E-state index is -3.80. The van der Waals surface area contributed by atoms with E-state index in [-0.39, 0.29) is 24.0 Å². The normalized spacial score (nSPS) is 13.9. The fraction of sp³-hybridized carbons (Fsp3) is 0.278. The van der Waals surface area contributed by atoms with Gasteiger partial charge in [-0.3, -0.25) is 9.10 Å². The molecule has 7 nitrogen and oxygen atoms in total. The lowest BCUT2D eigenvalue weighted by Gasteiger charge is -2.29. The summed E-state index contributed by atoms with van der Waals surface area (Å²) >= 11 is 12.1. The quantitative estimate of drug-likeness (QED) is 0.739. The minimum absolute atomic E-state index is 0.141. The van der Waals surface area contributed by atoms with E-state index in [0.717, 1.165) is 16.1 Å². The van der Waals surface area contributed by atoms with Gasteiger partial charge in [-0.2, -0.15) is 0 Å². The average molecular weight is 445 g/mol. The zero-order valence-electron chi connectivity index (χ0n) is 15.1. The number of benzene rings is 2. The standard InChI is InChI=1S/C18H18Cl2N2O5S/c1-11(22(28(2,24)25)15-8-13(19)4-5-14(15)20)18(23)21-9-12-3-6-16-17(7-12)27-10-26-16/h3-8,11H,9-10H2,1-2H3,(H,21,23)/t11-/m1/s1. The van der Waals surface area contributed by atoms with E-state index >= 15 is 0 Å². The highest BCUT2D eigenvalue weighted by atomic mass is 35.5. The van der Waals surface area contributed by atoms with Crippen molar-refractivity contribution >= 4 is 44.8 Å². The van der Waals surface area contributed by atoms with E-state index in [1.165, 1.54) is 25.1 Å². The van der Waals surface area contributed by atoms with Crippen molar-refractivity contribution in [1.29, 1.82) is 0 Å². The highest BCUT2D eigenvalue weighted by Crippen LogP contribution is 2.33. The number of fused-ring (bicyclic) bond motifs is 1. The molecule has 0 radical (unpaired) electrons. The molecule has 0 saturated heterocycles. The molecule has 10 heteroatoms. The number of sulfonamides is 1. The lowest BCUT2D eigenvalue weighted by atomic mass is 10.2. The van der Waals surface area contributed by atoms with Gasteiger partial charge in [0.25, 0.3) is 0 Å². The molecular formula is C18H18Cl2N2O5S. The van der Waals surface area contributed by atoms with Crippen LogP contribution in [0.15, 0.2) is 36.4 Å². The smallest absolute Gasteiger partial charge is 0.243 e. The van der Waals surface area contributed by atoms with Crippen LogP contribution in [0.25, 0.3) is 0 Å². The van der Waals surface area contributed by atoms with Crippen LogP contribution in [-0.4, -0.2) is 33.4 Å². The fourth-order valence-corrected chi connectivity index (χ4v) is 4.43. The molecule has 2 aromatic rings. The Balaban J connectivity index is 1.78. The molecule has 0 fully saturated rings. The van der Waals surface area contributed by atoms with Gasteiger partial charge in [-0.1, -0.05) is 29.3 Å². The summed E-state index contributed by atoms with van der Waals surface area (Å²) in [6.45, 7) is 1.83. The average Bonchev–Trinajstić information content (AvgIpc) is 3.09. The third-order valence-electron chi connectivity index (χ3n) is 4.14. The summed E-state index contributed by atoms with van der Waals surface area (Å²) in [5.41, 5.74) is 0.930. The molecule has 0 saturated carbocycles. The summed E-state index contributed by atoms with van der Waals surface area (Å²) in [5.74, 6) is 0.754. The van der Waals surface area contributed by atoms with Crippen LogP contribution in [0, 0.1) is 0 Å². The van der Waals surface area contributed by atoms with Gasteiger partial charge >= 0.3 is 0 Å². The van der Waals surface area contributed by atoms with Crippen LogP contribution in [0.3, 0.4) is 0 Å². The zero-order chi connectivity index (χ0) is 20.5. The van der Waals surface area contributed by atoms with Gasteiger partial charge in [0, 0.05) is 11.6 Å². The van der Waals surface area contributed by atoms with E-state index in [2.05, 4.69) is 5.32 Å². The first-order valence-electron chi connectivity index (χ1n) is 8.27. The maximum absolute atomic E-state index is 12.7. The first-order valence-corrected chi connectivity index (χ1v) is 10.9. The Hall–Kier alpha value is -2.16. The summed E-state index contributed by atoms with van der Waals surface area (Å²) in [5, 5.41) is 3.21. The van der Waals surface area contributed by atoms with E-state index in [1.54, 1.807) is 18.2 Å². The number of halogens is 2. The van der Waals surface area contributed by atoms with Crippen LogP contribution >= 0.6 is 23.2 Å². The number of hydrogen-bond acceptors (Lipinski definition) is 5. The molecular weight excluding hydrogens is 427 g/mol. The number of amides is 1. The molecule has 0 unspecified atom stereocenters. The molecule has 2 aromatic carbocycles. The number of ether oxygens (including phenoxy) is 2. The van der Waals surface area contributed by atoms with Crippen LogP contribution in [0.4, 0.5) is 5.69 Å². The van der Waals surface area contributed by atoms with Crippen LogP contribution in [0.2, 0.25) is 10.0 Å². The Labute approximate surface area is 173 Å². The Morgan fingerprint density at radius 1 is 1.18 bits per heavy atom. The van der Waals surface area contributed by atoms with Crippen molar-refractivity contribution in [3.63, 3.8) is 0 Å². The fourth-order valence-electron chi connectivity index (χ4n) is 2.82. The zero-order valence-corrected chi connectivity index (χ0v) is 17.4. The second-order valence-corrected chi connectivity index (χ2v) is 8.94. The molecule has 150 valence electrons. The predicted molar refractivity (Wildman–Crippen MR) is 108 cm³/mol. The summed E-state index contributed by atoms with van der Waals surface area (Å²) in [6.07, 6.45) is 1.01. The number of carbonyl (C=O) groups excluding carboxylic acids is 1. The van der Waals surface area contributed by atoms with Crippen molar-refractivity contribution in [2.75, 3.05) is 17.4 Å². The first kappa shape index (κ1) is 20.6. The van der Waals surface area contributed by atoms with Crippen LogP contribution in [0.1, 0.15) is 12.5 Å². The van der Waals surface area contributed by atoms with Gasteiger partial charge in [0.1, 0.15) is 6.04 Å². The second kappa shape index (κ2) is 8.06. The highest BCUT2D eigenvalue weighted by Gasteiger charge is 2.30. The lowest BCUT2D eigenvalue weighted by molar-refractivity contribution is -0.122. The molecule has 1 aliphatic rings. The molecule has 28 heavy (non-hydrogen) atoms. The number of anilines is 1. The van der Waals surface area contributed by atoms with Gasteiger partial charge in [-0.15, -0.1) is 0 Å². The Bertz CT molecular complexity index is 1010. The number of carbonyl (C=O) groups is 1. The molecule has 1 amide bonds. The molecule has 0 bridgehead atoms. The molecule has 1 aliphatic heterocycles. The lowest BCUT2D eigenvalue weighted by Crippen LogP contribution is -2.47. The van der Waals surface area contributed by atoms with Crippen molar-refractivity contribution in [2.24, 2.45) is 0 Å². The Morgan fingerprint density at radius 3 is 2.61 bits per heavy atom. The van der Waals surface area contributed by atoms with E-state index in [1.807, 2.05) is 0 Å². The maximum Gasteiger partial charge on any atom is 0.243 e. The van der Waals surface area contributed by atoms with Gasteiger partial charge < -0.3 is 14.8 Å². The molecule has 1 N–H and O–H groups in total. The number of nitrogens with zero attached hydrogens (tertiary/aromatic N) is 1. The number of hydrogen-bond donors (Lipinski definition) is 1. The van der Waals surface area contributed by atoms with Crippen molar-refractivity contribution in [1.82, 2.24) is 5.32 Å². The van der Waals surface area contributed by atoms with Crippen molar-refractivity contribution in [3.05, 3.63) is 52.0 Å². The number of nitrogens with one attached hydrogen (secondary N) is 1. The van der Waals surface area contributed by atoms with Gasteiger partial charge in [0.2, 0.25) is 22.7 Å². The Morgan fingerprint density at radius 2 is 1.89 bits per heavy atom.